The van der Waals surface area contributed by atoms with E-state index in [0.29, 0.717) is 19.3 Å². The van der Waals surface area contributed by atoms with E-state index < -0.39 is 66.3 Å². The number of allylic oxidation sites excluding steroid dienone is 3. The molecule has 15 unspecified atom stereocenters. The van der Waals surface area contributed by atoms with Gasteiger partial charge in [0, 0.05) is 5.41 Å². The summed E-state index contributed by atoms with van der Waals surface area (Å²) in [5.74, 6) is -0.0274. The van der Waals surface area contributed by atoms with E-state index in [2.05, 4.69) is 40.7 Å². The van der Waals surface area contributed by atoms with Gasteiger partial charge in [0.1, 0.15) is 24.4 Å². The monoisotopic (exact) mass is 648 g/mol. The third-order valence-corrected chi connectivity index (χ3v) is 15.0. The highest BCUT2D eigenvalue weighted by molar-refractivity contribution is 5.84. The number of esters is 1. The van der Waals surface area contributed by atoms with Gasteiger partial charge < -0.3 is 45.2 Å². The Balaban J connectivity index is 1.39. The zero-order valence-electron chi connectivity index (χ0n) is 28.3. The molecule has 0 aromatic rings. The Bertz CT molecular complexity index is 1300. The van der Waals surface area contributed by atoms with E-state index in [-0.39, 0.29) is 40.6 Å². The van der Waals surface area contributed by atoms with E-state index >= 15 is 0 Å². The van der Waals surface area contributed by atoms with Crippen LogP contribution in [0.25, 0.3) is 0 Å². The largest absolute Gasteiger partial charge is 0.432 e. The number of ether oxygens (including phenoxy) is 2. The lowest BCUT2D eigenvalue weighted by atomic mass is 9.34. The molecule has 6 aliphatic rings. The molecule has 1 aliphatic heterocycles. The maximum Gasteiger partial charge on any atom is 0.318 e. The van der Waals surface area contributed by atoms with Gasteiger partial charge in [-0.05, 0) is 103 Å². The summed E-state index contributed by atoms with van der Waals surface area (Å²) in [6.45, 7) is 12.4. The molecule has 0 radical (unpaired) electrons. The van der Waals surface area contributed by atoms with Crippen molar-refractivity contribution in [3.63, 3.8) is 0 Å². The standard InChI is InChI=1S/C36H56O10/c1-18-9-12-36(31(44)46-30-28(42)27(41)26(40)22(16-37)45-30)14-13-34(5)20(25(36)19(18)2)7-8-24-32(3)15-21(39)29(43)33(4,17-38)23(32)10-11-35(24,34)6/h7,18,21-24,26-30,37-43H,8-17H2,1-6H3. The Morgan fingerprint density at radius 1 is 0.935 bits per heavy atom. The van der Waals surface area contributed by atoms with Crippen LogP contribution in [-0.2, 0) is 14.3 Å². The van der Waals surface area contributed by atoms with E-state index in [0.717, 1.165) is 43.3 Å². The fraction of sp³-hybridized carbons (Fsp3) is 0.861. The molecule has 3 saturated carbocycles. The van der Waals surface area contributed by atoms with Crippen molar-refractivity contribution in [1.82, 2.24) is 0 Å². The first kappa shape index (κ1) is 34.5. The summed E-state index contributed by atoms with van der Waals surface area (Å²) >= 11 is 0. The lowest BCUT2D eigenvalue weighted by molar-refractivity contribution is -0.295. The van der Waals surface area contributed by atoms with Gasteiger partial charge in [0.05, 0.1) is 30.8 Å². The lowest BCUT2D eigenvalue weighted by Gasteiger charge is -2.70. The Hall–Kier alpha value is -1.37. The van der Waals surface area contributed by atoms with Crippen molar-refractivity contribution in [3.8, 4) is 0 Å². The van der Waals surface area contributed by atoms with Crippen molar-refractivity contribution in [2.75, 3.05) is 13.2 Å². The van der Waals surface area contributed by atoms with Crippen LogP contribution in [0.2, 0.25) is 0 Å². The van der Waals surface area contributed by atoms with Gasteiger partial charge in [0.15, 0.2) is 0 Å². The molecule has 10 nitrogen and oxygen atoms in total. The van der Waals surface area contributed by atoms with Crippen molar-refractivity contribution in [3.05, 3.63) is 22.8 Å². The van der Waals surface area contributed by atoms with E-state index in [9.17, 15) is 40.5 Å². The molecule has 10 heteroatoms. The number of rotatable bonds is 4. The summed E-state index contributed by atoms with van der Waals surface area (Å²) < 4.78 is 11.5. The summed E-state index contributed by atoms with van der Waals surface area (Å²) in [5, 5.41) is 73.8. The molecule has 7 N–H and O–H groups in total. The smallest absolute Gasteiger partial charge is 0.318 e. The maximum absolute atomic E-state index is 14.4. The normalized spacial score (nSPS) is 53.7. The molecule has 0 spiro atoms. The fourth-order valence-electron chi connectivity index (χ4n) is 11.8. The molecular weight excluding hydrogens is 592 g/mol. The third-order valence-electron chi connectivity index (χ3n) is 15.0. The highest BCUT2D eigenvalue weighted by Gasteiger charge is 2.70. The van der Waals surface area contributed by atoms with Crippen molar-refractivity contribution < 1.29 is 50.0 Å². The van der Waals surface area contributed by atoms with E-state index in [1.54, 1.807) is 0 Å². The number of hydrogen-bond donors (Lipinski definition) is 7. The number of fused-ring (bicyclic) bond motifs is 7. The second kappa shape index (κ2) is 11.3. The van der Waals surface area contributed by atoms with Crippen molar-refractivity contribution in [2.45, 2.75) is 136 Å². The average molecular weight is 649 g/mol. The van der Waals surface area contributed by atoms with Crippen LogP contribution in [0.3, 0.4) is 0 Å². The Labute approximate surface area is 272 Å². The zero-order valence-corrected chi connectivity index (χ0v) is 28.3. The molecule has 46 heavy (non-hydrogen) atoms. The van der Waals surface area contributed by atoms with Crippen LogP contribution >= 0.6 is 0 Å². The Morgan fingerprint density at radius 2 is 1.63 bits per heavy atom. The number of carbonyl (C=O) groups excluding carboxylic acids is 1. The molecule has 260 valence electrons. The van der Waals surface area contributed by atoms with Gasteiger partial charge in [0.2, 0.25) is 6.29 Å². The molecule has 4 fully saturated rings. The predicted octanol–water partition coefficient (Wildman–Crippen LogP) is 2.36. The van der Waals surface area contributed by atoms with E-state index in [4.69, 9.17) is 9.47 Å². The van der Waals surface area contributed by atoms with Gasteiger partial charge >= 0.3 is 5.97 Å². The molecule has 1 saturated heterocycles. The van der Waals surface area contributed by atoms with Gasteiger partial charge in [-0.2, -0.15) is 0 Å². The fourth-order valence-corrected chi connectivity index (χ4v) is 11.8. The van der Waals surface area contributed by atoms with E-state index in [1.165, 1.54) is 5.57 Å². The number of aliphatic hydroxyl groups is 7. The molecule has 1 heterocycles. The molecule has 6 rings (SSSR count). The van der Waals surface area contributed by atoms with Crippen LogP contribution < -0.4 is 0 Å². The van der Waals surface area contributed by atoms with Gasteiger partial charge in [-0.3, -0.25) is 4.79 Å². The second-order valence-corrected chi connectivity index (χ2v) is 16.8. The highest BCUT2D eigenvalue weighted by atomic mass is 16.7. The van der Waals surface area contributed by atoms with Gasteiger partial charge in [0.25, 0.3) is 0 Å². The molecule has 0 amide bonds. The van der Waals surface area contributed by atoms with Crippen LogP contribution in [0.4, 0.5) is 0 Å². The quantitative estimate of drug-likeness (QED) is 0.224. The first-order valence-electron chi connectivity index (χ1n) is 17.4. The third kappa shape index (κ3) is 4.40. The van der Waals surface area contributed by atoms with Gasteiger partial charge in [-0.1, -0.05) is 46.3 Å². The Kier molecular flexibility index (Phi) is 8.50. The minimum Gasteiger partial charge on any atom is -0.432 e. The zero-order chi connectivity index (χ0) is 33.8. The number of carbonyl (C=O) groups is 1. The van der Waals surface area contributed by atoms with Crippen LogP contribution in [0.1, 0.15) is 92.9 Å². The van der Waals surface area contributed by atoms with E-state index in [1.807, 2.05) is 6.92 Å². The number of hydrogen-bond acceptors (Lipinski definition) is 10. The molecule has 0 aromatic carbocycles. The molecule has 0 bridgehead atoms. The molecular formula is C36H56O10. The van der Waals surface area contributed by atoms with Crippen molar-refractivity contribution >= 4 is 5.97 Å². The summed E-state index contributed by atoms with van der Waals surface area (Å²) in [6, 6.07) is 0. The molecule has 15 atom stereocenters. The summed E-state index contributed by atoms with van der Waals surface area (Å²) in [4.78, 5) is 14.4. The van der Waals surface area contributed by atoms with Crippen LogP contribution in [0.5, 0.6) is 0 Å². The van der Waals surface area contributed by atoms with Gasteiger partial charge in [-0.25, -0.2) is 0 Å². The van der Waals surface area contributed by atoms with Crippen molar-refractivity contribution in [2.24, 2.45) is 44.8 Å². The van der Waals surface area contributed by atoms with Gasteiger partial charge in [-0.15, -0.1) is 0 Å². The number of aliphatic hydroxyl groups excluding tert-OH is 7. The minimum atomic E-state index is -1.67. The van der Waals surface area contributed by atoms with Crippen LogP contribution in [0, 0.1) is 44.8 Å². The molecule has 0 aromatic heterocycles. The second-order valence-electron chi connectivity index (χ2n) is 16.8. The van der Waals surface area contributed by atoms with Crippen LogP contribution in [0.15, 0.2) is 22.8 Å². The first-order valence-corrected chi connectivity index (χ1v) is 17.4. The highest BCUT2D eigenvalue weighted by Crippen LogP contribution is 2.75. The predicted molar refractivity (Wildman–Crippen MR) is 168 cm³/mol. The minimum absolute atomic E-state index is 0.0480. The first-order chi connectivity index (χ1) is 21.5. The topological polar surface area (TPSA) is 177 Å². The molecule has 5 aliphatic carbocycles. The lowest BCUT2D eigenvalue weighted by Crippen LogP contribution is -2.67. The SMILES string of the molecule is CC1=C2C3=CCC4C5(C)CC(O)C(O)C(C)(CO)C5CCC4(C)C3(C)CCC2(C(=O)OC2OC(CO)C(O)C(O)C2O)CCC1C. The summed E-state index contributed by atoms with van der Waals surface area (Å²) in [5.41, 5.74) is 0.798. The Morgan fingerprint density at radius 3 is 2.28 bits per heavy atom. The average Bonchev–Trinajstić information content (AvgIpc) is 3.02. The summed E-state index contributed by atoms with van der Waals surface area (Å²) in [7, 11) is 0. The maximum atomic E-state index is 14.4. The summed E-state index contributed by atoms with van der Waals surface area (Å²) in [6.07, 6.45) is -1.55. The van der Waals surface area contributed by atoms with Crippen LogP contribution in [-0.4, -0.2) is 97.8 Å². The van der Waals surface area contributed by atoms with Crippen molar-refractivity contribution in [1.29, 1.82) is 0 Å².